The zero-order valence-corrected chi connectivity index (χ0v) is 20.6. The molecule has 4 heteroatoms. The van der Waals surface area contributed by atoms with E-state index >= 15 is 0 Å². The highest BCUT2D eigenvalue weighted by atomic mass is 79.9. The van der Waals surface area contributed by atoms with Gasteiger partial charge in [0.15, 0.2) is 0 Å². The molecule has 0 aromatic heterocycles. The van der Waals surface area contributed by atoms with Gasteiger partial charge in [-0.2, -0.15) is 5.26 Å². The number of anilines is 2. The monoisotopic (exact) mass is 544 g/mol. The van der Waals surface area contributed by atoms with E-state index in [4.69, 9.17) is 0 Å². The van der Waals surface area contributed by atoms with Gasteiger partial charge in [0.1, 0.15) is 0 Å². The van der Waals surface area contributed by atoms with Crippen molar-refractivity contribution >= 4 is 43.2 Å². The Balaban J connectivity index is 1.83. The topological polar surface area (TPSA) is 35.8 Å². The Bertz CT molecular complexity index is 1150. The van der Waals surface area contributed by atoms with Crippen molar-refractivity contribution in [3.8, 4) is 6.07 Å². The van der Waals surface area contributed by atoms with Crippen molar-refractivity contribution in [2.75, 3.05) is 5.32 Å². The third-order valence-electron chi connectivity index (χ3n) is 5.73. The number of benzene rings is 4. The molecule has 4 rings (SSSR count). The number of para-hydroxylation sites is 1. The van der Waals surface area contributed by atoms with Gasteiger partial charge in [0.25, 0.3) is 0 Å². The molecule has 0 heterocycles. The van der Waals surface area contributed by atoms with E-state index in [2.05, 4.69) is 128 Å². The minimum atomic E-state index is -0.428. The molecular formula is C28H22Br2N2. The fourth-order valence-electron chi connectivity index (χ4n) is 4.17. The molecule has 0 unspecified atom stereocenters. The fourth-order valence-corrected chi connectivity index (χ4v) is 4.70. The van der Waals surface area contributed by atoms with Crippen LogP contribution in [-0.4, -0.2) is 0 Å². The van der Waals surface area contributed by atoms with Crippen LogP contribution in [0.5, 0.6) is 0 Å². The van der Waals surface area contributed by atoms with E-state index < -0.39 is 5.41 Å². The van der Waals surface area contributed by atoms with Gasteiger partial charge >= 0.3 is 0 Å². The summed E-state index contributed by atoms with van der Waals surface area (Å²) in [6.45, 7) is 0. The van der Waals surface area contributed by atoms with Crippen LogP contribution < -0.4 is 5.32 Å². The summed E-state index contributed by atoms with van der Waals surface area (Å²) in [5.74, 6) is 0. The van der Waals surface area contributed by atoms with Crippen molar-refractivity contribution in [2.24, 2.45) is 0 Å². The molecule has 0 fully saturated rings. The molecule has 4 aromatic rings. The van der Waals surface area contributed by atoms with Crippen LogP contribution in [-0.2, 0) is 5.41 Å². The summed E-state index contributed by atoms with van der Waals surface area (Å²) in [7, 11) is 0. The Morgan fingerprint density at radius 3 is 1.53 bits per heavy atom. The van der Waals surface area contributed by atoms with Gasteiger partial charge in [-0.3, -0.25) is 0 Å². The van der Waals surface area contributed by atoms with Gasteiger partial charge in [-0.15, -0.1) is 0 Å². The molecule has 0 saturated heterocycles. The van der Waals surface area contributed by atoms with Crippen LogP contribution in [0.1, 0.15) is 29.5 Å². The van der Waals surface area contributed by atoms with Crippen LogP contribution in [0.4, 0.5) is 11.4 Å². The molecule has 1 N–H and O–H groups in total. The van der Waals surface area contributed by atoms with Crippen LogP contribution in [0.25, 0.3) is 0 Å². The summed E-state index contributed by atoms with van der Waals surface area (Å²) in [5, 5.41) is 12.9. The molecule has 32 heavy (non-hydrogen) atoms. The summed E-state index contributed by atoms with van der Waals surface area (Å²) in [6.07, 6.45) is 1.15. The lowest BCUT2D eigenvalue weighted by atomic mass is 9.67. The summed E-state index contributed by atoms with van der Waals surface area (Å²) in [5.41, 5.74) is 5.15. The molecule has 0 aliphatic heterocycles. The molecule has 0 amide bonds. The van der Waals surface area contributed by atoms with E-state index in [1.807, 2.05) is 18.2 Å². The Labute approximate surface area is 206 Å². The lowest BCUT2D eigenvalue weighted by Gasteiger charge is -2.36. The first kappa shape index (κ1) is 22.3. The van der Waals surface area contributed by atoms with Crippen molar-refractivity contribution in [3.05, 3.63) is 129 Å². The number of nitrogens with zero attached hydrogens (tertiary/aromatic N) is 1. The maximum atomic E-state index is 9.49. The third kappa shape index (κ3) is 4.80. The molecule has 0 atom stereocenters. The van der Waals surface area contributed by atoms with Crippen LogP contribution in [0.3, 0.4) is 0 Å². The Kier molecular flexibility index (Phi) is 7.09. The first-order valence-corrected chi connectivity index (χ1v) is 12.0. The summed E-state index contributed by atoms with van der Waals surface area (Å²) < 4.78 is 2.07. The maximum Gasteiger partial charge on any atom is 0.0622 e. The van der Waals surface area contributed by atoms with Crippen LogP contribution in [0.15, 0.2) is 112 Å². The molecule has 4 aromatic carbocycles. The second-order valence-corrected chi connectivity index (χ2v) is 9.48. The Morgan fingerprint density at radius 2 is 1.06 bits per heavy atom. The van der Waals surface area contributed by atoms with E-state index in [0.717, 1.165) is 25.9 Å². The van der Waals surface area contributed by atoms with E-state index in [1.165, 1.54) is 11.1 Å². The minimum Gasteiger partial charge on any atom is -0.356 e. The molecule has 0 bridgehead atoms. The quantitative estimate of drug-likeness (QED) is 0.236. The van der Waals surface area contributed by atoms with E-state index in [9.17, 15) is 5.26 Å². The third-order valence-corrected chi connectivity index (χ3v) is 6.78. The van der Waals surface area contributed by atoms with Crippen LogP contribution >= 0.6 is 31.9 Å². The van der Waals surface area contributed by atoms with E-state index in [0.29, 0.717) is 12.8 Å². The van der Waals surface area contributed by atoms with Gasteiger partial charge in [-0.25, -0.2) is 0 Å². The molecule has 158 valence electrons. The molecule has 0 saturated carbocycles. The summed E-state index contributed by atoms with van der Waals surface area (Å²) in [6, 6.07) is 38.0. The fraction of sp³-hybridized carbons (Fsp3) is 0.107. The molecule has 0 aliphatic carbocycles. The number of hydrogen-bond donors (Lipinski definition) is 1. The zero-order valence-electron chi connectivity index (χ0n) is 17.4. The van der Waals surface area contributed by atoms with Gasteiger partial charge in [0, 0.05) is 32.2 Å². The van der Waals surface area contributed by atoms with Gasteiger partial charge < -0.3 is 5.32 Å². The molecule has 0 radical (unpaired) electrons. The first-order chi connectivity index (χ1) is 15.6. The smallest absolute Gasteiger partial charge is 0.0622 e. The van der Waals surface area contributed by atoms with E-state index in [1.54, 1.807) is 0 Å². The first-order valence-electron chi connectivity index (χ1n) is 10.4. The minimum absolute atomic E-state index is 0.428. The highest BCUT2D eigenvalue weighted by Crippen LogP contribution is 2.44. The van der Waals surface area contributed by atoms with Crippen molar-refractivity contribution in [3.63, 3.8) is 0 Å². The summed E-state index contributed by atoms with van der Waals surface area (Å²) >= 11 is 7.12. The van der Waals surface area contributed by atoms with Crippen LogP contribution in [0, 0.1) is 11.3 Å². The largest absolute Gasteiger partial charge is 0.356 e. The normalized spacial score (nSPS) is 11.0. The number of nitriles is 1. The van der Waals surface area contributed by atoms with Gasteiger partial charge in [-0.05, 0) is 71.6 Å². The molecular weight excluding hydrogens is 524 g/mol. The van der Waals surface area contributed by atoms with Crippen molar-refractivity contribution in [2.45, 2.75) is 18.3 Å². The second kappa shape index (κ2) is 10.2. The van der Waals surface area contributed by atoms with Crippen molar-refractivity contribution in [1.82, 2.24) is 0 Å². The highest BCUT2D eigenvalue weighted by Gasteiger charge is 2.36. The molecule has 2 nitrogen and oxygen atoms in total. The Hall–Kier alpha value is -2.87. The SMILES string of the molecule is N#CCCC(c1ccc(Br)cc1)(c1ccc(Br)cc1)c1ccc(Nc2ccccc2)cc1. The lowest BCUT2D eigenvalue weighted by molar-refractivity contribution is 0.569. The molecule has 0 aliphatic rings. The van der Waals surface area contributed by atoms with Gasteiger partial charge in [0.2, 0.25) is 0 Å². The Morgan fingerprint density at radius 1 is 0.625 bits per heavy atom. The highest BCUT2D eigenvalue weighted by molar-refractivity contribution is 9.10. The van der Waals surface area contributed by atoms with Crippen LogP contribution in [0.2, 0.25) is 0 Å². The summed E-state index contributed by atoms with van der Waals surface area (Å²) in [4.78, 5) is 0. The average Bonchev–Trinajstić information content (AvgIpc) is 2.83. The lowest BCUT2D eigenvalue weighted by Crippen LogP contribution is -2.29. The predicted molar refractivity (Wildman–Crippen MR) is 139 cm³/mol. The predicted octanol–water partition coefficient (Wildman–Crippen LogP) is 8.59. The second-order valence-electron chi connectivity index (χ2n) is 7.65. The van der Waals surface area contributed by atoms with Crippen molar-refractivity contribution < 1.29 is 0 Å². The zero-order chi connectivity index (χ0) is 22.4. The number of halogens is 2. The standard InChI is InChI=1S/C28H22Br2N2/c29-24-13-7-21(8-14-24)28(19-4-20-31,22-9-15-25(30)16-10-22)23-11-17-27(18-12-23)32-26-5-2-1-3-6-26/h1-3,5-18,32H,4,19H2. The maximum absolute atomic E-state index is 9.49. The average molecular weight is 546 g/mol. The van der Waals surface area contributed by atoms with Crippen molar-refractivity contribution in [1.29, 1.82) is 5.26 Å². The molecule has 0 spiro atoms. The van der Waals surface area contributed by atoms with Gasteiger partial charge in [0.05, 0.1) is 6.07 Å². The van der Waals surface area contributed by atoms with Gasteiger partial charge in [-0.1, -0.05) is 86.5 Å². The number of nitrogens with one attached hydrogen (secondary N) is 1. The number of hydrogen-bond acceptors (Lipinski definition) is 2. The van der Waals surface area contributed by atoms with E-state index in [-0.39, 0.29) is 0 Å². The number of rotatable bonds is 7.